The molecule has 1 aliphatic carbocycles. The van der Waals surface area contributed by atoms with Crippen LogP contribution < -0.4 is 10.1 Å². The predicted octanol–water partition coefficient (Wildman–Crippen LogP) is 4.14. The van der Waals surface area contributed by atoms with Gasteiger partial charge in [-0.2, -0.15) is 10.2 Å². The highest BCUT2D eigenvalue weighted by Crippen LogP contribution is 2.36. The van der Waals surface area contributed by atoms with Crippen molar-refractivity contribution in [2.24, 2.45) is 7.05 Å². The second-order valence-corrected chi connectivity index (χ2v) is 8.22. The van der Waals surface area contributed by atoms with Gasteiger partial charge in [0, 0.05) is 49.7 Å². The average molecular weight is 418 g/mol. The molecule has 0 radical (unpaired) electrons. The number of ether oxygens (including phenoxy) is 1. The molecule has 0 bridgehead atoms. The molecule has 8 heteroatoms. The summed E-state index contributed by atoms with van der Waals surface area (Å²) >= 11 is 0. The predicted molar refractivity (Wildman–Crippen MR) is 120 cm³/mol. The van der Waals surface area contributed by atoms with Crippen LogP contribution in [0.2, 0.25) is 0 Å². The maximum atomic E-state index is 6.25. The second kappa shape index (κ2) is 8.02. The fourth-order valence-corrected chi connectivity index (χ4v) is 4.36. The highest BCUT2D eigenvalue weighted by atomic mass is 16.5. The zero-order valence-corrected chi connectivity index (χ0v) is 18.1. The van der Waals surface area contributed by atoms with Crippen LogP contribution in [0.25, 0.3) is 22.2 Å². The molecule has 5 rings (SSSR count). The Balaban J connectivity index is 1.42. The number of pyridine rings is 2. The van der Waals surface area contributed by atoms with Gasteiger partial charge in [0.25, 0.3) is 0 Å². The smallest absolute Gasteiger partial charge is 0.140 e. The number of fused-ring (bicyclic) bond motifs is 1. The van der Waals surface area contributed by atoms with E-state index in [1.54, 1.807) is 10.9 Å². The molecule has 4 heterocycles. The van der Waals surface area contributed by atoms with E-state index in [-0.39, 0.29) is 6.10 Å². The van der Waals surface area contributed by atoms with Gasteiger partial charge < -0.3 is 10.1 Å². The van der Waals surface area contributed by atoms with Crippen LogP contribution in [-0.4, -0.2) is 42.7 Å². The van der Waals surface area contributed by atoms with Gasteiger partial charge in [0.2, 0.25) is 0 Å². The molecule has 1 aliphatic rings. The van der Waals surface area contributed by atoms with Crippen LogP contribution in [0.15, 0.2) is 43.1 Å². The third-order valence-electron chi connectivity index (χ3n) is 6.10. The van der Waals surface area contributed by atoms with Gasteiger partial charge in [-0.25, -0.2) is 4.98 Å². The first-order valence-electron chi connectivity index (χ1n) is 10.7. The molecule has 1 N–H and O–H groups in total. The lowest BCUT2D eigenvalue weighted by Gasteiger charge is -2.29. The summed E-state index contributed by atoms with van der Waals surface area (Å²) in [5, 5.41) is 13.6. The molecule has 0 unspecified atom stereocenters. The molecule has 8 nitrogen and oxygen atoms in total. The van der Waals surface area contributed by atoms with Crippen molar-refractivity contribution in [2.75, 3.05) is 12.4 Å². The van der Waals surface area contributed by atoms with Crippen LogP contribution in [0.3, 0.4) is 0 Å². The zero-order valence-electron chi connectivity index (χ0n) is 18.1. The lowest BCUT2D eigenvalue weighted by molar-refractivity contribution is 0.130. The minimum absolute atomic E-state index is 0.216. The molecule has 0 saturated heterocycles. The van der Waals surface area contributed by atoms with Crippen molar-refractivity contribution < 1.29 is 4.74 Å². The summed E-state index contributed by atoms with van der Waals surface area (Å²) in [6.45, 7) is 2.06. The molecule has 0 spiro atoms. The Morgan fingerprint density at radius 3 is 2.68 bits per heavy atom. The van der Waals surface area contributed by atoms with Gasteiger partial charge >= 0.3 is 0 Å². The van der Waals surface area contributed by atoms with Crippen molar-refractivity contribution in [3.63, 3.8) is 0 Å². The van der Waals surface area contributed by atoms with Crippen molar-refractivity contribution in [3.05, 3.63) is 48.7 Å². The molecule has 0 atom stereocenters. The largest absolute Gasteiger partial charge is 0.489 e. The van der Waals surface area contributed by atoms with Gasteiger partial charge in [0.05, 0.1) is 30.1 Å². The van der Waals surface area contributed by atoms with Crippen molar-refractivity contribution >= 4 is 16.7 Å². The van der Waals surface area contributed by atoms with Gasteiger partial charge in [-0.3, -0.25) is 14.3 Å². The number of hydrogen-bond acceptors (Lipinski definition) is 6. The summed E-state index contributed by atoms with van der Waals surface area (Å²) in [6, 6.07) is 4.41. The SMILES string of the molecule is CNc1cc2c(cn1)c(-c1cnn(C)c1)nn2[C@H]1CC[C@@H](Oc2cnccc2C)CC1. The summed E-state index contributed by atoms with van der Waals surface area (Å²) in [5.41, 5.74) is 4.17. The van der Waals surface area contributed by atoms with E-state index in [9.17, 15) is 0 Å². The van der Waals surface area contributed by atoms with E-state index < -0.39 is 0 Å². The molecule has 1 fully saturated rings. The van der Waals surface area contributed by atoms with Crippen LogP contribution in [0.1, 0.15) is 37.3 Å². The van der Waals surface area contributed by atoms with Crippen molar-refractivity contribution in [3.8, 4) is 17.0 Å². The van der Waals surface area contributed by atoms with Crippen LogP contribution >= 0.6 is 0 Å². The zero-order chi connectivity index (χ0) is 21.4. The molecular weight excluding hydrogens is 390 g/mol. The Kier molecular flexibility index (Phi) is 5.05. The number of rotatable bonds is 5. The number of hydrogen-bond donors (Lipinski definition) is 1. The van der Waals surface area contributed by atoms with Gasteiger partial charge in [-0.1, -0.05) is 0 Å². The van der Waals surface area contributed by atoms with Crippen LogP contribution in [0.4, 0.5) is 5.82 Å². The number of anilines is 1. The van der Waals surface area contributed by atoms with E-state index in [0.29, 0.717) is 6.04 Å². The normalized spacial score (nSPS) is 18.9. The Morgan fingerprint density at radius 2 is 1.97 bits per heavy atom. The maximum Gasteiger partial charge on any atom is 0.140 e. The van der Waals surface area contributed by atoms with Crippen LogP contribution in [-0.2, 0) is 7.05 Å². The molecule has 4 aromatic heterocycles. The van der Waals surface area contributed by atoms with Crippen molar-refractivity contribution in [1.29, 1.82) is 0 Å². The highest BCUT2D eigenvalue weighted by Gasteiger charge is 2.27. The lowest BCUT2D eigenvalue weighted by Crippen LogP contribution is -2.26. The average Bonchev–Trinajstić information content (AvgIpc) is 3.39. The summed E-state index contributed by atoms with van der Waals surface area (Å²) in [7, 11) is 3.81. The van der Waals surface area contributed by atoms with E-state index >= 15 is 0 Å². The first-order chi connectivity index (χ1) is 15.1. The fraction of sp³-hybridized carbons (Fsp3) is 0.391. The molecule has 1 saturated carbocycles. The second-order valence-electron chi connectivity index (χ2n) is 8.22. The Morgan fingerprint density at radius 1 is 1.13 bits per heavy atom. The lowest BCUT2D eigenvalue weighted by atomic mass is 9.93. The van der Waals surface area contributed by atoms with Crippen molar-refractivity contribution in [1.82, 2.24) is 29.5 Å². The van der Waals surface area contributed by atoms with Crippen LogP contribution in [0.5, 0.6) is 5.75 Å². The third-order valence-corrected chi connectivity index (χ3v) is 6.10. The number of aromatic nitrogens is 6. The number of nitrogens with zero attached hydrogens (tertiary/aromatic N) is 6. The quantitative estimate of drug-likeness (QED) is 0.525. The maximum absolute atomic E-state index is 6.25. The van der Waals surface area contributed by atoms with E-state index in [1.165, 1.54) is 0 Å². The Hall–Kier alpha value is -3.42. The number of aryl methyl sites for hydroxylation is 2. The van der Waals surface area contributed by atoms with Gasteiger partial charge in [-0.05, 0) is 44.2 Å². The highest BCUT2D eigenvalue weighted by molar-refractivity contribution is 5.93. The Bertz CT molecular complexity index is 1200. The van der Waals surface area contributed by atoms with Gasteiger partial charge in [-0.15, -0.1) is 0 Å². The molecule has 0 amide bonds. The van der Waals surface area contributed by atoms with Crippen molar-refractivity contribution in [2.45, 2.75) is 44.8 Å². The Labute approximate surface area is 181 Å². The molecule has 160 valence electrons. The topological polar surface area (TPSA) is 82.7 Å². The minimum Gasteiger partial charge on any atom is -0.489 e. The summed E-state index contributed by atoms with van der Waals surface area (Å²) in [4.78, 5) is 8.73. The van der Waals surface area contributed by atoms with Gasteiger partial charge in [0.1, 0.15) is 17.3 Å². The summed E-state index contributed by atoms with van der Waals surface area (Å²) < 4.78 is 10.2. The molecule has 0 aliphatic heterocycles. The van der Waals surface area contributed by atoms with Gasteiger partial charge in [0.15, 0.2) is 0 Å². The van der Waals surface area contributed by atoms with E-state index in [1.807, 2.05) is 44.9 Å². The standard InChI is InChI=1S/C23H27N7O/c1-15-8-9-25-13-21(15)31-18-6-4-17(5-7-18)30-20-10-22(24-2)26-12-19(20)23(28-30)16-11-27-29(3)14-16/h8-14,17-18H,4-7H2,1-3H3,(H,24,26)/t17-,18+. The number of nitrogens with one attached hydrogen (secondary N) is 1. The van der Waals surface area contributed by atoms with E-state index in [0.717, 1.165) is 65.0 Å². The summed E-state index contributed by atoms with van der Waals surface area (Å²) in [5.74, 6) is 1.73. The third kappa shape index (κ3) is 3.73. The first-order valence-corrected chi connectivity index (χ1v) is 10.7. The molecular formula is C23H27N7O. The first kappa shape index (κ1) is 19.5. The summed E-state index contributed by atoms with van der Waals surface area (Å²) in [6.07, 6.45) is 13.6. The van der Waals surface area contributed by atoms with E-state index in [4.69, 9.17) is 9.84 Å². The molecule has 31 heavy (non-hydrogen) atoms. The monoisotopic (exact) mass is 417 g/mol. The molecule has 4 aromatic rings. The van der Waals surface area contributed by atoms with Crippen LogP contribution in [0, 0.1) is 6.92 Å². The minimum atomic E-state index is 0.216. The molecule has 0 aromatic carbocycles. The fourth-order valence-electron chi connectivity index (χ4n) is 4.36. The van der Waals surface area contributed by atoms with E-state index in [2.05, 4.69) is 38.1 Å².